The molecule has 0 radical (unpaired) electrons. The van der Waals surface area contributed by atoms with Gasteiger partial charge in [0.05, 0.1) is 11.8 Å². The van der Waals surface area contributed by atoms with Crippen LogP contribution in [0.25, 0.3) is 23.0 Å². The lowest BCUT2D eigenvalue weighted by Gasteiger charge is -2.39. The normalized spacial score (nSPS) is 23.7. The number of hydrogen-bond acceptors (Lipinski definition) is 8. The zero-order chi connectivity index (χ0) is 20.7. The predicted octanol–water partition coefficient (Wildman–Crippen LogP) is 2.23. The number of rotatable bonds is 3. The Hall–Kier alpha value is -3.69. The van der Waals surface area contributed by atoms with Crippen molar-refractivity contribution < 1.29 is 0 Å². The van der Waals surface area contributed by atoms with Crippen LogP contribution < -0.4 is 4.90 Å². The molecule has 4 aromatic rings. The highest BCUT2D eigenvalue weighted by atomic mass is 15.4. The zero-order valence-corrected chi connectivity index (χ0v) is 17.2. The molecule has 2 fully saturated rings. The summed E-state index contributed by atoms with van der Waals surface area (Å²) in [6.45, 7) is 4.28. The van der Waals surface area contributed by atoms with E-state index in [0.29, 0.717) is 23.7 Å². The molecule has 0 amide bonds. The van der Waals surface area contributed by atoms with Crippen LogP contribution in [0.5, 0.6) is 0 Å². The van der Waals surface area contributed by atoms with Gasteiger partial charge in [-0.1, -0.05) is 6.92 Å². The van der Waals surface area contributed by atoms with Crippen molar-refractivity contribution in [2.45, 2.75) is 44.7 Å². The van der Waals surface area contributed by atoms with E-state index in [4.69, 9.17) is 9.97 Å². The summed E-state index contributed by atoms with van der Waals surface area (Å²) in [5.41, 5.74) is 1.64. The van der Waals surface area contributed by atoms with Crippen molar-refractivity contribution in [2.75, 3.05) is 4.90 Å². The van der Waals surface area contributed by atoms with E-state index in [2.05, 4.69) is 41.5 Å². The number of anilines is 1. The molecule has 7 rings (SSSR count). The van der Waals surface area contributed by atoms with E-state index in [9.17, 15) is 0 Å². The standard InChI is InChI=1S/C21H20N10/c1-12-7-21(12)19-28-27-13(2)30(19)16-10-25-20(26-18(16)31(21)15-3-4-15)29-6-5-24-17(29)14-8-22-11-23-9-14/h5-6,8-12,15H,3-4,7H2,1-2H3/t12-,21-/m0/s1. The minimum absolute atomic E-state index is 0.119. The van der Waals surface area contributed by atoms with Gasteiger partial charge < -0.3 is 4.90 Å². The number of aromatic nitrogens is 9. The van der Waals surface area contributed by atoms with Crippen molar-refractivity contribution in [3.8, 4) is 23.0 Å². The highest BCUT2D eigenvalue weighted by molar-refractivity contribution is 5.68. The first-order valence-electron chi connectivity index (χ1n) is 10.6. The van der Waals surface area contributed by atoms with Crippen LogP contribution in [0.3, 0.4) is 0 Å². The molecule has 0 unspecified atom stereocenters. The molecule has 0 N–H and O–H groups in total. The Morgan fingerprint density at radius 1 is 1.06 bits per heavy atom. The van der Waals surface area contributed by atoms with Gasteiger partial charge in [-0.05, 0) is 32.1 Å². The second-order valence-corrected chi connectivity index (χ2v) is 8.66. The fourth-order valence-electron chi connectivity index (χ4n) is 5.02. The van der Waals surface area contributed by atoms with Gasteiger partial charge in [-0.3, -0.25) is 9.13 Å². The van der Waals surface area contributed by atoms with Crippen LogP contribution in [0.1, 0.15) is 37.8 Å². The number of fused-ring (bicyclic) bond motifs is 4. The summed E-state index contributed by atoms with van der Waals surface area (Å²) in [6.07, 6.45) is 13.9. The molecule has 3 aliphatic rings. The molecule has 154 valence electrons. The average Bonchev–Trinajstić information content (AvgIpc) is 3.63. The van der Waals surface area contributed by atoms with Crippen molar-refractivity contribution in [3.63, 3.8) is 0 Å². The summed E-state index contributed by atoms with van der Waals surface area (Å²) in [7, 11) is 0. The molecule has 10 nitrogen and oxygen atoms in total. The maximum atomic E-state index is 5.09. The van der Waals surface area contributed by atoms with Crippen LogP contribution in [0.2, 0.25) is 0 Å². The van der Waals surface area contributed by atoms with Gasteiger partial charge in [-0.15, -0.1) is 10.2 Å². The third-order valence-electron chi connectivity index (χ3n) is 6.71. The van der Waals surface area contributed by atoms with Gasteiger partial charge in [0.2, 0.25) is 5.95 Å². The van der Waals surface area contributed by atoms with Gasteiger partial charge >= 0.3 is 0 Å². The van der Waals surface area contributed by atoms with Crippen LogP contribution in [0.4, 0.5) is 5.82 Å². The summed E-state index contributed by atoms with van der Waals surface area (Å²) in [5.74, 6) is 4.65. The number of aryl methyl sites for hydroxylation is 1. The largest absolute Gasteiger partial charge is 0.338 e. The third kappa shape index (κ3) is 2.19. The highest BCUT2D eigenvalue weighted by Gasteiger charge is 2.65. The molecule has 31 heavy (non-hydrogen) atoms. The van der Waals surface area contributed by atoms with Gasteiger partial charge in [-0.2, -0.15) is 4.98 Å². The molecule has 0 saturated heterocycles. The van der Waals surface area contributed by atoms with Crippen molar-refractivity contribution in [1.29, 1.82) is 0 Å². The summed E-state index contributed by atoms with van der Waals surface area (Å²) < 4.78 is 4.03. The lowest BCUT2D eigenvalue weighted by Crippen LogP contribution is -2.45. The third-order valence-corrected chi connectivity index (χ3v) is 6.71. The first kappa shape index (κ1) is 17.0. The molecule has 1 aliphatic heterocycles. The quantitative estimate of drug-likeness (QED) is 0.505. The molecule has 2 atom stereocenters. The maximum absolute atomic E-state index is 5.09. The van der Waals surface area contributed by atoms with E-state index in [1.165, 1.54) is 19.2 Å². The van der Waals surface area contributed by atoms with Crippen LogP contribution in [-0.4, -0.2) is 50.3 Å². The summed E-state index contributed by atoms with van der Waals surface area (Å²) in [6, 6.07) is 0.488. The van der Waals surface area contributed by atoms with Crippen LogP contribution in [0, 0.1) is 12.8 Å². The number of imidazole rings is 1. The summed E-state index contributed by atoms with van der Waals surface area (Å²) in [4.78, 5) is 25.1. The molecule has 2 aliphatic carbocycles. The average molecular weight is 412 g/mol. The Bertz CT molecular complexity index is 1320. The Morgan fingerprint density at radius 2 is 1.87 bits per heavy atom. The molecule has 0 aromatic carbocycles. The molecule has 10 heteroatoms. The number of hydrogen-bond donors (Lipinski definition) is 0. The van der Waals surface area contributed by atoms with Gasteiger partial charge in [0, 0.05) is 30.8 Å². The fourth-order valence-corrected chi connectivity index (χ4v) is 5.02. The van der Waals surface area contributed by atoms with Crippen molar-refractivity contribution in [3.05, 3.63) is 49.0 Å². The SMILES string of the molecule is Cc1nnc2n1-c1cnc(-n3ccnc3-c3cncnc3)nc1N(C1CC1)[C@]21C[C@@H]1C. The van der Waals surface area contributed by atoms with E-state index in [-0.39, 0.29) is 5.54 Å². The molecule has 2 saturated carbocycles. The Labute approximate surface area is 178 Å². The van der Waals surface area contributed by atoms with E-state index in [1.54, 1.807) is 18.6 Å². The van der Waals surface area contributed by atoms with Crippen molar-refractivity contribution >= 4 is 5.82 Å². The molecule has 0 bridgehead atoms. The van der Waals surface area contributed by atoms with Crippen molar-refractivity contribution in [1.82, 2.24) is 44.3 Å². The van der Waals surface area contributed by atoms with Gasteiger partial charge in [0.15, 0.2) is 11.6 Å². The lowest BCUT2D eigenvalue weighted by atomic mass is 10.1. The monoisotopic (exact) mass is 412 g/mol. The van der Waals surface area contributed by atoms with Crippen LogP contribution >= 0.6 is 0 Å². The maximum Gasteiger partial charge on any atom is 0.237 e. The minimum Gasteiger partial charge on any atom is -0.338 e. The topological polar surface area (TPSA) is 103 Å². The first-order chi connectivity index (χ1) is 15.2. The van der Waals surface area contributed by atoms with Gasteiger partial charge in [0.1, 0.15) is 29.2 Å². The highest BCUT2D eigenvalue weighted by Crippen LogP contribution is 2.62. The van der Waals surface area contributed by atoms with E-state index in [1.807, 2.05) is 23.9 Å². The molecular formula is C21H20N10. The van der Waals surface area contributed by atoms with Crippen molar-refractivity contribution in [2.24, 2.45) is 5.92 Å². The van der Waals surface area contributed by atoms with Crippen LogP contribution in [-0.2, 0) is 5.54 Å². The molecule has 5 heterocycles. The molecule has 4 aromatic heterocycles. The van der Waals surface area contributed by atoms with Crippen LogP contribution in [0.15, 0.2) is 37.3 Å². The summed E-state index contributed by atoms with van der Waals surface area (Å²) in [5, 5.41) is 9.00. The lowest BCUT2D eigenvalue weighted by molar-refractivity contribution is 0.498. The molecule has 1 spiro atoms. The summed E-state index contributed by atoms with van der Waals surface area (Å²) >= 11 is 0. The smallest absolute Gasteiger partial charge is 0.237 e. The minimum atomic E-state index is -0.119. The Kier molecular flexibility index (Phi) is 3.14. The van der Waals surface area contributed by atoms with Gasteiger partial charge in [0.25, 0.3) is 0 Å². The Balaban J connectivity index is 1.44. The van der Waals surface area contributed by atoms with E-state index < -0.39 is 0 Å². The predicted molar refractivity (Wildman–Crippen MR) is 111 cm³/mol. The molecular weight excluding hydrogens is 392 g/mol. The first-order valence-corrected chi connectivity index (χ1v) is 10.6. The van der Waals surface area contributed by atoms with E-state index >= 15 is 0 Å². The van der Waals surface area contributed by atoms with E-state index in [0.717, 1.165) is 35.1 Å². The second-order valence-electron chi connectivity index (χ2n) is 8.66. The fraction of sp³-hybridized carbons (Fsp3) is 0.381. The van der Waals surface area contributed by atoms with Gasteiger partial charge in [-0.25, -0.2) is 19.9 Å². The number of nitrogens with zero attached hydrogens (tertiary/aromatic N) is 10. The zero-order valence-electron chi connectivity index (χ0n) is 17.2. The second kappa shape index (κ2) is 5.71. The Morgan fingerprint density at radius 3 is 2.61 bits per heavy atom.